The van der Waals surface area contributed by atoms with Crippen molar-refractivity contribution in [1.82, 2.24) is 19.6 Å². The van der Waals surface area contributed by atoms with Gasteiger partial charge >= 0.3 is 0 Å². The summed E-state index contributed by atoms with van der Waals surface area (Å²) < 4.78 is 2.97. The number of nitriles is 1. The van der Waals surface area contributed by atoms with E-state index in [1.165, 1.54) is 10.7 Å². The third kappa shape index (κ3) is 2.88. The molecule has 0 N–H and O–H groups in total. The fraction of sp³-hybridized carbons (Fsp3) is 0.385. The van der Waals surface area contributed by atoms with Gasteiger partial charge in [0.1, 0.15) is 17.5 Å². The first-order chi connectivity index (χ1) is 9.02. The number of ketones is 1. The van der Waals surface area contributed by atoms with Crippen LogP contribution < -0.4 is 0 Å². The van der Waals surface area contributed by atoms with E-state index in [9.17, 15) is 4.79 Å². The minimum absolute atomic E-state index is 0.215. The number of hydrogen-bond acceptors (Lipinski definition) is 4. The Morgan fingerprint density at radius 2 is 1.95 bits per heavy atom. The van der Waals surface area contributed by atoms with Crippen LogP contribution in [-0.2, 0) is 14.1 Å². The van der Waals surface area contributed by atoms with Gasteiger partial charge in [0.05, 0.1) is 11.3 Å². The molecule has 0 unspecified atom stereocenters. The van der Waals surface area contributed by atoms with Crippen LogP contribution in [0.25, 0.3) is 0 Å². The Bertz CT molecular complexity index is 630. The van der Waals surface area contributed by atoms with E-state index >= 15 is 0 Å². The SMILES string of the molecule is CC.Cc1nn(C)cc1C(=O)c1cc(C#N)n(C)n1. The van der Waals surface area contributed by atoms with Gasteiger partial charge in [-0.15, -0.1) is 0 Å². The Morgan fingerprint density at radius 1 is 1.32 bits per heavy atom. The largest absolute Gasteiger partial charge is 0.287 e. The van der Waals surface area contributed by atoms with E-state index in [1.54, 1.807) is 31.9 Å². The molecule has 0 saturated carbocycles. The summed E-state index contributed by atoms with van der Waals surface area (Å²) in [6.45, 7) is 5.77. The zero-order valence-corrected chi connectivity index (χ0v) is 11.8. The second kappa shape index (κ2) is 5.96. The predicted octanol–water partition coefficient (Wildman–Crippen LogP) is 1.59. The van der Waals surface area contributed by atoms with Gasteiger partial charge in [-0.05, 0) is 6.92 Å². The zero-order chi connectivity index (χ0) is 14.6. The molecule has 0 saturated heterocycles. The smallest absolute Gasteiger partial charge is 0.216 e. The fourth-order valence-corrected chi connectivity index (χ4v) is 1.64. The lowest BCUT2D eigenvalue weighted by Gasteiger charge is -1.93. The molecule has 19 heavy (non-hydrogen) atoms. The van der Waals surface area contributed by atoms with Gasteiger partial charge in [-0.2, -0.15) is 15.5 Å². The first kappa shape index (κ1) is 14.6. The van der Waals surface area contributed by atoms with Crippen LogP contribution in [0.2, 0.25) is 0 Å². The van der Waals surface area contributed by atoms with Crippen LogP contribution >= 0.6 is 0 Å². The van der Waals surface area contributed by atoms with E-state index in [1.807, 2.05) is 19.9 Å². The summed E-state index contributed by atoms with van der Waals surface area (Å²) >= 11 is 0. The lowest BCUT2D eigenvalue weighted by molar-refractivity contribution is 0.103. The molecule has 0 bridgehead atoms. The number of rotatable bonds is 2. The molecule has 6 heteroatoms. The zero-order valence-electron chi connectivity index (χ0n) is 11.8. The van der Waals surface area contributed by atoms with Gasteiger partial charge in [0.2, 0.25) is 5.78 Å². The van der Waals surface area contributed by atoms with Crippen LogP contribution in [0.5, 0.6) is 0 Å². The van der Waals surface area contributed by atoms with Crippen LogP contribution in [-0.4, -0.2) is 25.3 Å². The van der Waals surface area contributed by atoms with Gasteiger partial charge in [0.15, 0.2) is 0 Å². The highest BCUT2D eigenvalue weighted by molar-refractivity contribution is 6.08. The number of nitrogens with zero attached hydrogens (tertiary/aromatic N) is 5. The van der Waals surface area contributed by atoms with Crippen molar-refractivity contribution in [1.29, 1.82) is 5.26 Å². The van der Waals surface area contributed by atoms with Crippen molar-refractivity contribution in [2.75, 3.05) is 0 Å². The van der Waals surface area contributed by atoms with E-state index in [0.29, 0.717) is 17.0 Å². The maximum atomic E-state index is 12.1. The van der Waals surface area contributed by atoms with Crippen LogP contribution in [0, 0.1) is 18.3 Å². The van der Waals surface area contributed by atoms with Gasteiger partial charge in [-0.1, -0.05) is 13.8 Å². The van der Waals surface area contributed by atoms with Gasteiger partial charge in [0, 0.05) is 26.4 Å². The number of hydrogen-bond donors (Lipinski definition) is 0. The third-order valence-corrected chi connectivity index (χ3v) is 2.49. The van der Waals surface area contributed by atoms with Crippen molar-refractivity contribution in [3.63, 3.8) is 0 Å². The fourth-order valence-electron chi connectivity index (χ4n) is 1.64. The number of aryl methyl sites for hydroxylation is 3. The molecule has 0 radical (unpaired) electrons. The average molecular weight is 259 g/mol. The van der Waals surface area contributed by atoms with Gasteiger partial charge in [-0.25, -0.2) is 0 Å². The van der Waals surface area contributed by atoms with E-state index in [-0.39, 0.29) is 11.5 Å². The number of carbonyl (C=O) groups excluding carboxylic acids is 1. The van der Waals surface area contributed by atoms with Crippen molar-refractivity contribution in [3.05, 3.63) is 34.9 Å². The summed E-state index contributed by atoms with van der Waals surface area (Å²) in [5.41, 5.74) is 1.78. The lowest BCUT2D eigenvalue weighted by atomic mass is 10.1. The highest BCUT2D eigenvalue weighted by atomic mass is 16.1. The third-order valence-electron chi connectivity index (χ3n) is 2.49. The van der Waals surface area contributed by atoms with E-state index in [0.717, 1.165) is 0 Å². The molecule has 2 aromatic rings. The summed E-state index contributed by atoms with van der Waals surface area (Å²) in [5, 5.41) is 16.9. The average Bonchev–Trinajstić information content (AvgIpc) is 2.93. The van der Waals surface area contributed by atoms with Crippen LogP contribution in [0.1, 0.15) is 41.3 Å². The first-order valence-electron chi connectivity index (χ1n) is 6.02. The van der Waals surface area contributed by atoms with E-state index < -0.39 is 0 Å². The highest BCUT2D eigenvalue weighted by Crippen LogP contribution is 2.12. The summed E-state index contributed by atoms with van der Waals surface area (Å²) in [7, 11) is 3.38. The molecule has 6 nitrogen and oxygen atoms in total. The quantitative estimate of drug-likeness (QED) is 0.767. The Hall–Kier alpha value is -2.42. The predicted molar refractivity (Wildman–Crippen MR) is 70.6 cm³/mol. The van der Waals surface area contributed by atoms with Crippen molar-refractivity contribution in [2.45, 2.75) is 20.8 Å². The minimum Gasteiger partial charge on any atom is -0.287 e. The van der Waals surface area contributed by atoms with Gasteiger partial charge in [-0.3, -0.25) is 14.2 Å². The van der Waals surface area contributed by atoms with E-state index in [2.05, 4.69) is 10.2 Å². The normalized spacial score (nSPS) is 9.47. The Labute approximate surface area is 112 Å². The molecule has 0 fully saturated rings. The molecular weight excluding hydrogens is 242 g/mol. The molecule has 0 aliphatic carbocycles. The number of carbonyl (C=O) groups is 1. The second-order valence-electron chi connectivity index (χ2n) is 3.78. The van der Waals surface area contributed by atoms with Crippen LogP contribution in [0.3, 0.4) is 0 Å². The molecule has 2 aromatic heterocycles. The summed E-state index contributed by atoms with van der Waals surface area (Å²) in [6.07, 6.45) is 1.65. The summed E-state index contributed by atoms with van der Waals surface area (Å²) in [4.78, 5) is 12.1. The Kier molecular flexibility index (Phi) is 4.59. The van der Waals surface area contributed by atoms with Gasteiger partial charge < -0.3 is 0 Å². The maximum Gasteiger partial charge on any atom is 0.216 e. The molecule has 0 atom stereocenters. The molecular formula is C13H17N5O. The molecule has 100 valence electrons. The Balaban J connectivity index is 0.000000861. The summed E-state index contributed by atoms with van der Waals surface area (Å²) in [6, 6.07) is 3.45. The van der Waals surface area contributed by atoms with Crippen molar-refractivity contribution in [3.8, 4) is 6.07 Å². The van der Waals surface area contributed by atoms with Crippen LogP contribution in [0.4, 0.5) is 0 Å². The van der Waals surface area contributed by atoms with Gasteiger partial charge in [0.25, 0.3) is 0 Å². The topological polar surface area (TPSA) is 76.5 Å². The Morgan fingerprint density at radius 3 is 2.37 bits per heavy atom. The number of aromatic nitrogens is 4. The first-order valence-corrected chi connectivity index (χ1v) is 6.02. The van der Waals surface area contributed by atoms with E-state index in [4.69, 9.17) is 5.26 Å². The molecule has 2 heterocycles. The molecule has 0 aliphatic heterocycles. The molecule has 0 spiro atoms. The van der Waals surface area contributed by atoms with Crippen molar-refractivity contribution >= 4 is 5.78 Å². The summed E-state index contributed by atoms with van der Waals surface area (Å²) in [5.74, 6) is -0.215. The highest BCUT2D eigenvalue weighted by Gasteiger charge is 2.18. The van der Waals surface area contributed by atoms with Crippen LogP contribution in [0.15, 0.2) is 12.3 Å². The minimum atomic E-state index is -0.215. The second-order valence-corrected chi connectivity index (χ2v) is 3.78. The molecule has 0 aromatic carbocycles. The van der Waals surface area contributed by atoms with Crippen molar-refractivity contribution in [2.24, 2.45) is 14.1 Å². The molecule has 0 amide bonds. The maximum absolute atomic E-state index is 12.1. The lowest BCUT2D eigenvalue weighted by Crippen LogP contribution is -2.04. The standard InChI is InChI=1S/C11H11N5O.C2H6/c1-7-9(6-15(2)13-7)11(17)10-4-8(5-12)16(3)14-10;1-2/h4,6H,1-3H3;1-2H3. The molecule has 2 rings (SSSR count). The molecule has 0 aliphatic rings. The van der Waals surface area contributed by atoms with Crippen molar-refractivity contribution < 1.29 is 4.79 Å². The monoisotopic (exact) mass is 259 g/mol.